The van der Waals surface area contributed by atoms with Crippen LogP contribution >= 0.6 is 0 Å². The van der Waals surface area contributed by atoms with E-state index in [2.05, 4.69) is 11.8 Å². The first-order valence-electron chi connectivity index (χ1n) is 6.27. The van der Waals surface area contributed by atoms with Crippen LogP contribution in [0, 0.1) is 17.7 Å². The van der Waals surface area contributed by atoms with Gasteiger partial charge in [-0.15, -0.1) is 0 Å². The lowest BCUT2D eigenvalue weighted by atomic mass is 10.2. The molecule has 4 heteroatoms. The highest BCUT2D eigenvalue weighted by Gasteiger charge is 2.04. The molecule has 0 aliphatic heterocycles. The fraction of sp³-hybridized carbons (Fsp3) is 0.467. The van der Waals surface area contributed by atoms with E-state index in [-0.39, 0.29) is 18.5 Å². The van der Waals surface area contributed by atoms with Crippen LogP contribution in [0.25, 0.3) is 0 Å². The Morgan fingerprint density at radius 2 is 2.11 bits per heavy atom. The lowest BCUT2D eigenvalue weighted by Gasteiger charge is -2.10. The zero-order chi connectivity index (χ0) is 14.1. The van der Waals surface area contributed by atoms with Crippen LogP contribution in [0.3, 0.4) is 0 Å². The molecule has 1 rings (SSSR count). The van der Waals surface area contributed by atoms with Crippen LogP contribution in [0.1, 0.15) is 25.8 Å². The number of hydrogen-bond acceptors (Lipinski definition) is 3. The third kappa shape index (κ3) is 6.23. The summed E-state index contributed by atoms with van der Waals surface area (Å²) in [6.07, 6.45) is 0.527. The number of aliphatic hydroxyl groups excluding tert-OH is 1. The van der Waals surface area contributed by atoms with Crippen molar-refractivity contribution in [1.29, 1.82) is 0 Å². The summed E-state index contributed by atoms with van der Waals surface area (Å²) in [5, 5.41) is 8.63. The molecule has 104 valence electrons. The van der Waals surface area contributed by atoms with Gasteiger partial charge in [0.1, 0.15) is 6.61 Å². The fourth-order valence-electron chi connectivity index (χ4n) is 1.35. The molecular weight excluding hydrogens is 247 g/mol. The van der Waals surface area contributed by atoms with E-state index >= 15 is 0 Å². The van der Waals surface area contributed by atoms with Crippen LogP contribution in [0.4, 0.5) is 4.39 Å². The van der Waals surface area contributed by atoms with E-state index in [9.17, 15) is 4.39 Å². The highest BCUT2D eigenvalue weighted by atomic mass is 19.1. The molecule has 0 aliphatic rings. The summed E-state index contributed by atoms with van der Waals surface area (Å²) in [6.45, 7) is 4.58. The molecule has 0 aromatic heterocycles. The van der Waals surface area contributed by atoms with E-state index in [0.717, 1.165) is 0 Å². The van der Waals surface area contributed by atoms with Crippen molar-refractivity contribution in [2.45, 2.75) is 26.4 Å². The Balaban J connectivity index is 2.57. The summed E-state index contributed by atoms with van der Waals surface area (Å²) >= 11 is 0. The molecule has 0 fully saturated rings. The van der Waals surface area contributed by atoms with Crippen molar-refractivity contribution in [3.05, 3.63) is 29.6 Å². The zero-order valence-electron chi connectivity index (χ0n) is 11.3. The minimum absolute atomic E-state index is 0.0179. The van der Waals surface area contributed by atoms with Gasteiger partial charge < -0.3 is 14.6 Å². The standard InChI is InChI=1S/C15H19FO3/c1-12(2)18-9-10-19-15-11-13(5-3-4-8-17)6-7-14(15)16/h6-7,11-12,17H,4,8-10H2,1-2H3. The molecule has 0 unspecified atom stereocenters. The molecule has 0 radical (unpaired) electrons. The molecule has 1 N–H and O–H groups in total. The third-order valence-electron chi connectivity index (χ3n) is 2.19. The molecule has 0 amide bonds. The molecule has 19 heavy (non-hydrogen) atoms. The van der Waals surface area contributed by atoms with Gasteiger partial charge in [-0.2, -0.15) is 0 Å². The predicted octanol–water partition coefficient (Wildman–Crippen LogP) is 2.36. The number of hydrogen-bond donors (Lipinski definition) is 1. The van der Waals surface area contributed by atoms with Crippen LogP contribution in [0.2, 0.25) is 0 Å². The van der Waals surface area contributed by atoms with Gasteiger partial charge in [-0.1, -0.05) is 11.8 Å². The van der Waals surface area contributed by atoms with Gasteiger partial charge in [0, 0.05) is 12.0 Å². The number of ether oxygens (including phenoxy) is 2. The maximum absolute atomic E-state index is 13.5. The smallest absolute Gasteiger partial charge is 0.165 e. The second-order valence-electron chi connectivity index (χ2n) is 4.19. The molecule has 0 atom stereocenters. The average molecular weight is 266 g/mol. The fourth-order valence-corrected chi connectivity index (χ4v) is 1.35. The summed E-state index contributed by atoms with van der Waals surface area (Å²) < 4.78 is 24.1. The summed E-state index contributed by atoms with van der Waals surface area (Å²) in [4.78, 5) is 0. The van der Waals surface area contributed by atoms with Crippen LogP contribution in [0.15, 0.2) is 18.2 Å². The predicted molar refractivity (Wildman–Crippen MR) is 71.6 cm³/mol. The van der Waals surface area contributed by atoms with Crippen LogP contribution in [0.5, 0.6) is 5.75 Å². The van der Waals surface area contributed by atoms with Gasteiger partial charge in [0.25, 0.3) is 0 Å². The van der Waals surface area contributed by atoms with Gasteiger partial charge in [0.2, 0.25) is 0 Å². The van der Waals surface area contributed by atoms with Crippen molar-refractivity contribution in [3.8, 4) is 17.6 Å². The molecular formula is C15H19FO3. The molecule has 0 aliphatic carbocycles. The van der Waals surface area contributed by atoms with E-state index in [0.29, 0.717) is 25.2 Å². The average Bonchev–Trinajstić information content (AvgIpc) is 2.38. The van der Waals surface area contributed by atoms with E-state index < -0.39 is 5.82 Å². The second kappa shape index (κ2) is 8.52. The Labute approximate surface area is 113 Å². The Morgan fingerprint density at radius 3 is 2.79 bits per heavy atom. The highest BCUT2D eigenvalue weighted by molar-refractivity contribution is 5.40. The Bertz CT molecular complexity index is 446. The van der Waals surface area contributed by atoms with Gasteiger partial charge in [-0.25, -0.2) is 4.39 Å². The van der Waals surface area contributed by atoms with Crippen LogP contribution in [-0.2, 0) is 4.74 Å². The Morgan fingerprint density at radius 1 is 1.32 bits per heavy atom. The first-order chi connectivity index (χ1) is 9.13. The summed E-state index contributed by atoms with van der Waals surface area (Å²) in [7, 11) is 0. The molecule has 1 aromatic rings. The van der Waals surface area contributed by atoms with Gasteiger partial charge >= 0.3 is 0 Å². The highest BCUT2D eigenvalue weighted by Crippen LogP contribution is 2.18. The topological polar surface area (TPSA) is 38.7 Å². The van der Waals surface area contributed by atoms with E-state index in [1.54, 1.807) is 12.1 Å². The van der Waals surface area contributed by atoms with Crippen molar-refractivity contribution >= 4 is 0 Å². The van der Waals surface area contributed by atoms with Crippen molar-refractivity contribution < 1.29 is 19.0 Å². The number of aliphatic hydroxyl groups is 1. The molecule has 0 saturated heterocycles. The Hall–Kier alpha value is -1.57. The Kier molecular flexibility index (Phi) is 6.94. The largest absolute Gasteiger partial charge is 0.488 e. The van der Waals surface area contributed by atoms with Crippen molar-refractivity contribution in [3.63, 3.8) is 0 Å². The van der Waals surface area contributed by atoms with Crippen LogP contribution in [-0.4, -0.2) is 31.0 Å². The monoisotopic (exact) mass is 266 g/mol. The molecule has 0 saturated carbocycles. The summed E-state index contributed by atoms with van der Waals surface area (Å²) in [5.74, 6) is 5.36. The quantitative estimate of drug-likeness (QED) is 0.634. The van der Waals surface area contributed by atoms with Crippen LogP contribution < -0.4 is 4.74 Å². The van der Waals surface area contributed by atoms with Gasteiger partial charge in [0.05, 0.1) is 19.3 Å². The number of halogens is 1. The van der Waals surface area contributed by atoms with E-state index in [4.69, 9.17) is 14.6 Å². The maximum atomic E-state index is 13.5. The molecule has 1 aromatic carbocycles. The lowest BCUT2D eigenvalue weighted by Crippen LogP contribution is -2.11. The van der Waals surface area contributed by atoms with E-state index in [1.165, 1.54) is 6.07 Å². The number of benzene rings is 1. The molecule has 3 nitrogen and oxygen atoms in total. The molecule has 0 spiro atoms. The second-order valence-corrected chi connectivity index (χ2v) is 4.19. The minimum atomic E-state index is -0.419. The normalized spacial score (nSPS) is 10.2. The van der Waals surface area contributed by atoms with Gasteiger partial charge in [-0.3, -0.25) is 0 Å². The van der Waals surface area contributed by atoms with Gasteiger partial charge in [0.15, 0.2) is 11.6 Å². The van der Waals surface area contributed by atoms with Gasteiger partial charge in [-0.05, 0) is 32.0 Å². The minimum Gasteiger partial charge on any atom is -0.488 e. The SMILES string of the molecule is CC(C)OCCOc1cc(C#CCCO)ccc1F. The summed E-state index contributed by atoms with van der Waals surface area (Å²) in [5.41, 5.74) is 0.662. The molecule has 0 heterocycles. The third-order valence-corrected chi connectivity index (χ3v) is 2.19. The zero-order valence-corrected chi connectivity index (χ0v) is 11.3. The summed E-state index contributed by atoms with van der Waals surface area (Å²) in [6, 6.07) is 4.45. The first-order valence-corrected chi connectivity index (χ1v) is 6.27. The van der Waals surface area contributed by atoms with Crippen molar-refractivity contribution in [2.75, 3.05) is 19.8 Å². The number of rotatable bonds is 6. The van der Waals surface area contributed by atoms with Crippen molar-refractivity contribution in [2.24, 2.45) is 0 Å². The maximum Gasteiger partial charge on any atom is 0.165 e. The molecule has 0 bridgehead atoms. The first kappa shape index (κ1) is 15.5. The van der Waals surface area contributed by atoms with E-state index in [1.807, 2.05) is 13.8 Å². The van der Waals surface area contributed by atoms with Crippen molar-refractivity contribution in [1.82, 2.24) is 0 Å². The lowest BCUT2D eigenvalue weighted by molar-refractivity contribution is 0.0544.